The van der Waals surface area contributed by atoms with Gasteiger partial charge in [-0.2, -0.15) is 17.6 Å². The minimum atomic E-state index is -0.962. The zero-order valence-corrected chi connectivity index (χ0v) is 34.8. The molecule has 4 nitrogen and oxygen atoms in total. The van der Waals surface area contributed by atoms with E-state index in [-0.39, 0.29) is 23.0 Å². The first-order valence-corrected chi connectivity index (χ1v) is 22.3. The lowest BCUT2D eigenvalue weighted by molar-refractivity contribution is 0.120. The molecule has 0 bridgehead atoms. The number of rotatable bonds is 15. The Morgan fingerprint density at radius 1 is 0.464 bits per heavy atom. The zero-order chi connectivity index (χ0) is 39.9. The van der Waals surface area contributed by atoms with E-state index in [1.165, 1.54) is 114 Å². The molecular formula is C48H70F4O4. The fraction of sp³-hybridized carbons (Fsp3) is 0.708. The van der Waals surface area contributed by atoms with Crippen LogP contribution in [0.5, 0.6) is 23.0 Å². The fourth-order valence-electron chi connectivity index (χ4n) is 10.3. The highest BCUT2D eigenvalue weighted by Crippen LogP contribution is 2.44. The summed E-state index contributed by atoms with van der Waals surface area (Å²) in [6.07, 6.45) is 27.9. The Kier molecular flexibility index (Phi) is 18.1. The molecule has 2 aromatic rings. The summed E-state index contributed by atoms with van der Waals surface area (Å²) in [5.41, 5.74) is 0. The van der Waals surface area contributed by atoms with Crippen molar-refractivity contribution < 1.29 is 36.5 Å². The van der Waals surface area contributed by atoms with E-state index in [0.717, 1.165) is 61.2 Å². The molecule has 0 aromatic heterocycles. The highest BCUT2D eigenvalue weighted by molar-refractivity contribution is 5.36. The smallest absolute Gasteiger partial charge is 0.204 e. The third-order valence-electron chi connectivity index (χ3n) is 13.6. The van der Waals surface area contributed by atoms with Crippen LogP contribution >= 0.6 is 0 Å². The Morgan fingerprint density at radius 3 is 1.11 bits per heavy atom. The van der Waals surface area contributed by atoms with E-state index in [2.05, 4.69) is 26.0 Å². The van der Waals surface area contributed by atoms with E-state index in [1.807, 2.05) is 0 Å². The molecule has 4 aliphatic rings. The van der Waals surface area contributed by atoms with E-state index in [1.54, 1.807) is 13.8 Å². The maximum absolute atomic E-state index is 14.2. The molecule has 0 N–H and O–H groups in total. The van der Waals surface area contributed by atoms with Crippen molar-refractivity contribution in [2.24, 2.45) is 47.3 Å². The van der Waals surface area contributed by atoms with Crippen LogP contribution in [0.25, 0.3) is 0 Å². The third-order valence-corrected chi connectivity index (χ3v) is 13.6. The number of ether oxygens (including phenoxy) is 4. The first kappa shape index (κ1) is 44.2. The third kappa shape index (κ3) is 12.5. The average molecular weight is 787 g/mol. The maximum atomic E-state index is 14.2. The molecule has 4 fully saturated rings. The Labute approximate surface area is 335 Å². The summed E-state index contributed by atoms with van der Waals surface area (Å²) in [5, 5.41) is 0. The molecule has 314 valence electrons. The minimum Gasteiger partial charge on any atom is -0.491 e. The monoisotopic (exact) mass is 787 g/mol. The summed E-state index contributed by atoms with van der Waals surface area (Å²) in [4.78, 5) is 0. The summed E-state index contributed by atoms with van der Waals surface area (Å²) in [7, 11) is 0. The van der Waals surface area contributed by atoms with Gasteiger partial charge in [0.1, 0.15) is 0 Å². The molecule has 4 aliphatic carbocycles. The van der Waals surface area contributed by atoms with Crippen LogP contribution in [0.1, 0.15) is 143 Å². The van der Waals surface area contributed by atoms with Crippen LogP contribution in [0.4, 0.5) is 17.6 Å². The number of hydrogen-bond donors (Lipinski definition) is 0. The lowest BCUT2D eigenvalue weighted by atomic mass is 9.69. The Hall–Kier alpha value is -2.90. The lowest BCUT2D eigenvalue weighted by Crippen LogP contribution is -2.27. The van der Waals surface area contributed by atoms with Crippen LogP contribution in [0, 0.1) is 70.6 Å². The normalized spacial score (nSPS) is 28.3. The van der Waals surface area contributed by atoms with Gasteiger partial charge in [0.05, 0.1) is 26.4 Å². The van der Waals surface area contributed by atoms with Gasteiger partial charge in [-0.15, -0.1) is 0 Å². The molecule has 0 aliphatic heterocycles. The van der Waals surface area contributed by atoms with Gasteiger partial charge in [0.15, 0.2) is 23.0 Å². The van der Waals surface area contributed by atoms with Crippen LogP contribution in [0.15, 0.2) is 36.4 Å². The highest BCUT2D eigenvalue weighted by atomic mass is 19.2. The first-order valence-electron chi connectivity index (χ1n) is 22.3. The van der Waals surface area contributed by atoms with Crippen molar-refractivity contribution in [3.05, 3.63) is 59.7 Å². The molecule has 0 atom stereocenters. The predicted molar refractivity (Wildman–Crippen MR) is 218 cm³/mol. The van der Waals surface area contributed by atoms with Gasteiger partial charge in [0.25, 0.3) is 0 Å². The van der Waals surface area contributed by atoms with Crippen molar-refractivity contribution in [2.45, 2.75) is 143 Å². The van der Waals surface area contributed by atoms with E-state index in [0.29, 0.717) is 38.3 Å². The molecule has 56 heavy (non-hydrogen) atoms. The van der Waals surface area contributed by atoms with E-state index in [4.69, 9.17) is 18.9 Å². The molecule has 0 heterocycles. The Bertz CT molecular complexity index is 1470. The van der Waals surface area contributed by atoms with Gasteiger partial charge in [-0.25, -0.2) is 0 Å². The zero-order valence-electron chi connectivity index (χ0n) is 34.8. The largest absolute Gasteiger partial charge is 0.491 e. The van der Waals surface area contributed by atoms with Crippen LogP contribution in [-0.4, -0.2) is 26.4 Å². The van der Waals surface area contributed by atoms with Crippen molar-refractivity contribution in [3.63, 3.8) is 0 Å². The quantitative estimate of drug-likeness (QED) is 0.133. The predicted octanol–water partition coefficient (Wildman–Crippen LogP) is 14.1. The van der Waals surface area contributed by atoms with Gasteiger partial charge in [0, 0.05) is 0 Å². The van der Waals surface area contributed by atoms with Crippen molar-refractivity contribution in [1.29, 1.82) is 0 Å². The second kappa shape index (κ2) is 22.9. The topological polar surface area (TPSA) is 36.9 Å². The summed E-state index contributed by atoms with van der Waals surface area (Å²) < 4.78 is 77.7. The first-order chi connectivity index (χ1) is 27.2. The van der Waals surface area contributed by atoms with Gasteiger partial charge in [-0.3, -0.25) is 0 Å². The standard InChI is InChI=1S/C24H36F2O2.C24H34F2O2/c2*1-3-5-17-6-10-19(11-7-17)20-12-8-18(9-13-20)16-28-22-15-14-21(27-4-2)23(25)24(22)26/h14-15,17-20H,3-13,16H2,1-2H3;3,5,14-15,17-20H,4,6-13,16H2,1-2H3/b;5-3+. The van der Waals surface area contributed by atoms with Crippen LogP contribution < -0.4 is 18.9 Å². The summed E-state index contributed by atoms with van der Waals surface area (Å²) in [5.74, 6) is 2.19. The number of hydrogen-bond acceptors (Lipinski definition) is 4. The molecule has 0 spiro atoms. The number of halogens is 4. The van der Waals surface area contributed by atoms with Crippen molar-refractivity contribution in [2.75, 3.05) is 26.4 Å². The average Bonchev–Trinajstić information content (AvgIpc) is 3.22. The molecule has 8 heteroatoms. The van der Waals surface area contributed by atoms with Crippen LogP contribution in [-0.2, 0) is 0 Å². The maximum Gasteiger partial charge on any atom is 0.204 e. The van der Waals surface area contributed by atoms with E-state index < -0.39 is 23.3 Å². The fourth-order valence-corrected chi connectivity index (χ4v) is 10.3. The molecular weight excluding hydrogens is 717 g/mol. The van der Waals surface area contributed by atoms with Gasteiger partial charge in [0.2, 0.25) is 23.3 Å². The van der Waals surface area contributed by atoms with E-state index in [9.17, 15) is 17.6 Å². The Morgan fingerprint density at radius 2 is 0.786 bits per heavy atom. The second-order valence-corrected chi connectivity index (χ2v) is 17.2. The van der Waals surface area contributed by atoms with Gasteiger partial charge >= 0.3 is 0 Å². The van der Waals surface area contributed by atoms with Gasteiger partial charge in [-0.1, -0.05) is 44.8 Å². The molecule has 0 amide bonds. The summed E-state index contributed by atoms with van der Waals surface area (Å²) in [6, 6.07) is 5.84. The van der Waals surface area contributed by atoms with E-state index >= 15 is 0 Å². The Balaban J connectivity index is 0.000000214. The van der Waals surface area contributed by atoms with Crippen molar-refractivity contribution >= 4 is 0 Å². The van der Waals surface area contributed by atoms with Crippen LogP contribution in [0.2, 0.25) is 0 Å². The number of allylic oxidation sites excluding steroid dienone is 2. The van der Waals surface area contributed by atoms with Crippen molar-refractivity contribution in [3.8, 4) is 23.0 Å². The number of benzene rings is 2. The molecule has 0 radical (unpaired) electrons. The second-order valence-electron chi connectivity index (χ2n) is 17.2. The SMILES string of the molecule is C/C=C/C1CCC(C2CCC(COc3ccc(OCC)c(F)c3F)CC2)CC1.CCCC1CCC(C2CCC(COc3ccc(OCC)c(F)c3F)CC2)CC1. The van der Waals surface area contributed by atoms with Crippen molar-refractivity contribution in [1.82, 2.24) is 0 Å². The highest BCUT2D eigenvalue weighted by Gasteiger charge is 2.32. The lowest BCUT2D eigenvalue weighted by Gasteiger charge is -2.37. The van der Waals surface area contributed by atoms with Gasteiger partial charge in [-0.05, 0) is 182 Å². The van der Waals surface area contributed by atoms with Crippen LogP contribution in [0.3, 0.4) is 0 Å². The summed E-state index contributed by atoms with van der Waals surface area (Å²) >= 11 is 0. The molecule has 0 unspecified atom stereocenters. The molecule has 2 aromatic carbocycles. The minimum absolute atomic E-state index is 0.00248. The molecule has 0 saturated heterocycles. The summed E-state index contributed by atoms with van der Waals surface area (Å²) in [6.45, 7) is 9.44. The van der Waals surface area contributed by atoms with Gasteiger partial charge < -0.3 is 18.9 Å². The molecule has 6 rings (SSSR count). The molecule has 4 saturated carbocycles.